The van der Waals surface area contributed by atoms with E-state index in [0.29, 0.717) is 0 Å². The van der Waals surface area contributed by atoms with Gasteiger partial charge in [-0.15, -0.1) is 0 Å². The van der Waals surface area contributed by atoms with Crippen LogP contribution in [0.2, 0.25) is 5.02 Å². The Morgan fingerprint density at radius 1 is 0.853 bits per heavy atom. The predicted octanol–water partition coefficient (Wildman–Crippen LogP) is 4.95. The largest absolute Gasteiger partial charge is 0.497 e. The topological polar surface area (TPSA) is 95.8 Å². The number of hydrogen-bond acceptors (Lipinski definition) is 7. The quantitative estimate of drug-likeness (QED) is 0.303. The van der Waals surface area contributed by atoms with Gasteiger partial charge in [0.2, 0.25) is 0 Å². The van der Waals surface area contributed by atoms with E-state index in [9.17, 15) is 9.90 Å². The van der Waals surface area contributed by atoms with Crippen LogP contribution in [0.5, 0.6) is 23.0 Å². The number of oxime groups is 1. The Hall–Kier alpha value is -3.91. The molecule has 34 heavy (non-hydrogen) atoms. The van der Waals surface area contributed by atoms with Crippen LogP contribution in [0.15, 0.2) is 65.8 Å². The molecule has 0 unspecified atom stereocenters. The van der Waals surface area contributed by atoms with Gasteiger partial charge in [-0.3, -0.25) is 0 Å². The smallest absolute Gasteiger partial charge is 0.358 e. The van der Waals surface area contributed by atoms with Gasteiger partial charge in [0.1, 0.15) is 31.8 Å². The number of rotatable bonds is 11. The minimum atomic E-state index is -1.27. The fraction of sp³-hybridized carbons (Fsp3) is 0.200. The molecule has 0 fully saturated rings. The number of aliphatic carboxylic acids is 1. The molecule has 0 aromatic heterocycles. The zero-order valence-electron chi connectivity index (χ0n) is 18.9. The summed E-state index contributed by atoms with van der Waals surface area (Å²) in [5.74, 6) is 0.715. The first-order valence-electron chi connectivity index (χ1n) is 10.1. The van der Waals surface area contributed by atoms with Crippen LogP contribution in [0.3, 0.4) is 0 Å². The zero-order valence-corrected chi connectivity index (χ0v) is 19.7. The highest BCUT2D eigenvalue weighted by Crippen LogP contribution is 2.38. The van der Waals surface area contributed by atoms with Crippen molar-refractivity contribution in [3.8, 4) is 23.0 Å². The molecule has 0 spiro atoms. The molecule has 9 heteroatoms. The third-order valence-electron chi connectivity index (χ3n) is 4.76. The molecule has 3 aromatic carbocycles. The van der Waals surface area contributed by atoms with Crippen LogP contribution in [0, 0.1) is 0 Å². The maximum atomic E-state index is 11.7. The molecule has 0 aliphatic carbocycles. The summed E-state index contributed by atoms with van der Waals surface area (Å²) >= 11 is 6.49. The lowest BCUT2D eigenvalue weighted by Crippen LogP contribution is -2.15. The molecule has 3 aromatic rings. The Kier molecular flexibility index (Phi) is 8.59. The second-order valence-electron chi connectivity index (χ2n) is 6.99. The van der Waals surface area contributed by atoms with Crippen molar-refractivity contribution in [1.29, 1.82) is 0 Å². The first-order chi connectivity index (χ1) is 16.4. The van der Waals surface area contributed by atoms with E-state index >= 15 is 0 Å². The Morgan fingerprint density at radius 2 is 1.38 bits per heavy atom. The molecule has 0 saturated carbocycles. The molecule has 0 heterocycles. The van der Waals surface area contributed by atoms with Crippen molar-refractivity contribution in [2.45, 2.75) is 13.2 Å². The Morgan fingerprint density at radius 3 is 1.85 bits per heavy atom. The highest BCUT2D eigenvalue weighted by molar-refractivity contribution is 6.43. The average Bonchev–Trinajstić information content (AvgIpc) is 2.85. The maximum absolute atomic E-state index is 11.7. The number of benzene rings is 3. The summed E-state index contributed by atoms with van der Waals surface area (Å²) in [7, 11) is 4.45. The molecule has 0 radical (unpaired) electrons. The van der Waals surface area contributed by atoms with Gasteiger partial charge in [-0.1, -0.05) is 41.0 Å². The van der Waals surface area contributed by atoms with Gasteiger partial charge in [0, 0.05) is 5.56 Å². The number of carboxylic acid groups (broad SMARTS) is 1. The number of carboxylic acids is 1. The van der Waals surface area contributed by atoms with Gasteiger partial charge >= 0.3 is 5.97 Å². The van der Waals surface area contributed by atoms with Crippen LogP contribution in [0.4, 0.5) is 0 Å². The van der Waals surface area contributed by atoms with Crippen molar-refractivity contribution in [2.24, 2.45) is 5.16 Å². The van der Waals surface area contributed by atoms with Crippen molar-refractivity contribution < 1.29 is 33.7 Å². The first-order valence-corrected chi connectivity index (χ1v) is 10.5. The van der Waals surface area contributed by atoms with Crippen LogP contribution in [-0.2, 0) is 22.8 Å². The molecule has 0 bridgehead atoms. The number of halogens is 1. The summed E-state index contributed by atoms with van der Waals surface area (Å²) < 4.78 is 22.3. The molecule has 0 saturated heterocycles. The first kappa shape index (κ1) is 24.7. The minimum Gasteiger partial charge on any atom is -0.497 e. The number of methoxy groups -OCH3 is 2. The Bertz CT molecular complexity index is 1150. The summed E-state index contributed by atoms with van der Waals surface area (Å²) in [6.45, 7) is 0.395. The van der Waals surface area contributed by atoms with Gasteiger partial charge in [0.25, 0.3) is 0 Å². The van der Waals surface area contributed by atoms with E-state index in [0.717, 1.165) is 22.6 Å². The molecular weight excluding hydrogens is 462 g/mol. The monoisotopic (exact) mass is 485 g/mol. The summed E-state index contributed by atoms with van der Waals surface area (Å²) in [6, 6.07) is 17.7. The summed E-state index contributed by atoms with van der Waals surface area (Å²) in [5, 5.41) is 13.3. The van der Waals surface area contributed by atoms with E-state index in [1.165, 1.54) is 19.2 Å². The van der Waals surface area contributed by atoms with Crippen LogP contribution in [-0.4, -0.2) is 38.1 Å². The van der Waals surface area contributed by atoms with E-state index in [1.54, 1.807) is 14.2 Å². The lowest BCUT2D eigenvalue weighted by Gasteiger charge is -2.16. The van der Waals surface area contributed by atoms with Crippen LogP contribution >= 0.6 is 11.6 Å². The lowest BCUT2D eigenvalue weighted by atomic mass is 10.1. The van der Waals surface area contributed by atoms with Crippen molar-refractivity contribution in [3.05, 3.63) is 82.4 Å². The molecule has 3 rings (SSSR count). The number of carbonyl (C=O) groups is 1. The highest BCUT2D eigenvalue weighted by Gasteiger charge is 2.20. The van der Waals surface area contributed by atoms with Crippen LogP contribution in [0.1, 0.15) is 16.7 Å². The van der Waals surface area contributed by atoms with E-state index in [2.05, 4.69) is 9.99 Å². The highest BCUT2D eigenvalue weighted by atomic mass is 35.5. The third kappa shape index (κ3) is 6.32. The van der Waals surface area contributed by atoms with Gasteiger partial charge in [-0.25, -0.2) is 4.79 Å². The Balaban J connectivity index is 1.90. The van der Waals surface area contributed by atoms with Gasteiger partial charge in [-0.2, -0.15) is 0 Å². The molecule has 1 N–H and O–H groups in total. The molecule has 0 atom stereocenters. The summed E-state index contributed by atoms with van der Waals surface area (Å²) in [5.41, 5.74) is 1.64. The van der Waals surface area contributed by atoms with Crippen LogP contribution in [0.25, 0.3) is 0 Å². The average molecular weight is 486 g/mol. The van der Waals surface area contributed by atoms with Gasteiger partial charge < -0.3 is 28.9 Å². The van der Waals surface area contributed by atoms with E-state index in [1.807, 2.05) is 48.5 Å². The van der Waals surface area contributed by atoms with Crippen molar-refractivity contribution in [2.75, 3.05) is 21.3 Å². The maximum Gasteiger partial charge on any atom is 0.358 e. The molecular formula is C25H24ClNO7. The zero-order chi connectivity index (χ0) is 24.5. The molecule has 178 valence electrons. The Labute approximate surface area is 202 Å². The fourth-order valence-electron chi connectivity index (χ4n) is 3.02. The predicted molar refractivity (Wildman–Crippen MR) is 127 cm³/mol. The van der Waals surface area contributed by atoms with Crippen molar-refractivity contribution >= 4 is 23.3 Å². The SMILES string of the molecule is CO/N=C(\C(=O)O)c1cc(Cl)c(OCc2ccc(OC)cc2)c(OCc2ccc(OC)cc2)c1. The second-order valence-corrected chi connectivity index (χ2v) is 7.39. The summed E-state index contributed by atoms with van der Waals surface area (Å²) in [4.78, 5) is 16.3. The van der Waals surface area contributed by atoms with E-state index in [-0.39, 0.29) is 41.0 Å². The van der Waals surface area contributed by atoms with Crippen molar-refractivity contribution in [1.82, 2.24) is 0 Å². The molecule has 8 nitrogen and oxygen atoms in total. The third-order valence-corrected chi connectivity index (χ3v) is 5.04. The second kappa shape index (κ2) is 11.8. The summed E-state index contributed by atoms with van der Waals surface area (Å²) in [6.07, 6.45) is 0. The van der Waals surface area contributed by atoms with Gasteiger partial charge in [-0.05, 0) is 47.5 Å². The molecule has 0 aliphatic heterocycles. The number of hydrogen-bond donors (Lipinski definition) is 1. The van der Waals surface area contributed by atoms with E-state index in [4.69, 9.17) is 30.5 Å². The standard InChI is InChI=1S/C25H24ClNO7/c1-30-19-8-4-16(5-9-19)14-33-22-13-18(23(25(28)29)27-32-3)12-21(26)24(22)34-15-17-6-10-20(31-2)11-7-17/h4-13H,14-15H2,1-3H3,(H,28,29)/b27-23-. The van der Waals surface area contributed by atoms with Crippen molar-refractivity contribution in [3.63, 3.8) is 0 Å². The van der Waals surface area contributed by atoms with Crippen LogP contribution < -0.4 is 18.9 Å². The van der Waals surface area contributed by atoms with Gasteiger partial charge in [0.05, 0.1) is 19.2 Å². The number of nitrogens with zero attached hydrogens (tertiary/aromatic N) is 1. The van der Waals surface area contributed by atoms with E-state index < -0.39 is 5.97 Å². The fourth-order valence-corrected chi connectivity index (χ4v) is 3.28. The molecule has 0 amide bonds. The van der Waals surface area contributed by atoms with Gasteiger partial charge in [0.15, 0.2) is 17.2 Å². The normalized spacial score (nSPS) is 11.0. The lowest BCUT2D eigenvalue weighted by molar-refractivity contribution is -0.129. The molecule has 0 aliphatic rings. The minimum absolute atomic E-state index is 0.167. The number of ether oxygens (including phenoxy) is 4.